The van der Waals surface area contributed by atoms with Crippen molar-refractivity contribution in [2.24, 2.45) is 5.92 Å². The van der Waals surface area contributed by atoms with Crippen molar-refractivity contribution in [1.29, 1.82) is 0 Å². The molecule has 1 saturated heterocycles. The molecule has 1 aromatic carbocycles. The molecule has 22 heavy (non-hydrogen) atoms. The van der Waals surface area contributed by atoms with Gasteiger partial charge in [0, 0.05) is 25.3 Å². The standard InChI is InChI=1S/C17H25FN2O2/c1-17(2,3)22-16(21)20-9-5-6-13(12-20)11-19-15-8-4-7-14(18)10-15/h4,7-8,10,13,19H,5-6,9,11-12H2,1-3H3/t13-/m0/s1. The Kier molecular flexibility index (Phi) is 5.27. The lowest BCUT2D eigenvalue weighted by molar-refractivity contribution is 0.0172. The van der Waals surface area contributed by atoms with Crippen molar-refractivity contribution in [3.05, 3.63) is 30.1 Å². The van der Waals surface area contributed by atoms with E-state index in [1.54, 1.807) is 11.0 Å². The molecule has 1 heterocycles. The highest BCUT2D eigenvalue weighted by molar-refractivity contribution is 5.68. The van der Waals surface area contributed by atoms with Gasteiger partial charge in [0.05, 0.1) is 0 Å². The maximum Gasteiger partial charge on any atom is 0.410 e. The number of rotatable bonds is 3. The zero-order valence-electron chi connectivity index (χ0n) is 13.6. The predicted molar refractivity (Wildman–Crippen MR) is 85.4 cm³/mol. The first kappa shape index (κ1) is 16.6. The average Bonchev–Trinajstić information content (AvgIpc) is 2.44. The number of carbonyl (C=O) groups is 1. The van der Waals surface area contributed by atoms with E-state index in [0.29, 0.717) is 12.5 Å². The first-order valence-electron chi connectivity index (χ1n) is 7.81. The third-order valence-electron chi connectivity index (χ3n) is 3.59. The zero-order valence-corrected chi connectivity index (χ0v) is 13.6. The van der Waals surface area contributed by atoms with Crippen LogP contribution in [-0.4, -0.2) is 36.2 Å². The van der Waals surface area contributed by atoms with Crippen LogP contribution >= 0.6 is 0 Å². The maximum atomic E-state index is 13.1. The largest absolute Gasteiger partial charge is 0.444 e. The maximum absolute atomic E-state index is 13.1. The Morgan fingerprint density at radius 1 is 1.45 bits per heavy atom. The Morgan fingerprint density at radius 2 is 2.23 bits per heavy atom. The van der Waals surface area contributed by atoms with Crippen LogP contribution in [-0.2, 0) is 4.74 Å². The molecule has 1 aliphatic heterocycles. The molecule has 4 nitrogen and oxygen atoms in total. The van der Waals surface area contributed by atoms with Crippen molar-refractivity contribution in [2.45, 2.75) is 39.2 Å². The fourth-order valence-electron chi connectivity index (χ4n) is 2.58. The van der Waals surface area contributed by atoms with Crippen LogP contribution in [0.25, 0.3) is 0 Å². The van der Waals surface area contributed by atoms with Gasteiger partial charge in [-0.2, -0.15) is 0 Å². The minimum atomic E-state index is -0.468. The average molecular weight is 308 g/mol. The Bertz CT molecular complexity index is 514. The van der Waals surface area contributed by atoms with E-state index in [1.165, 1.54) is 12.1 Å². The third kappa shape index (κ3) is 5.20. The number of ether oxygens (including phenoxy) is 1. The fraction of sp³-hybridized carbons (Fsp3) is 0.588. The van der Waals surface area contributed by atoms with Crippen LogP contribution in [0.3, 0.4) is 0 Å². The lowest BCUT2D eigenvalue weighted by Gasteiger charge is -2.34. The Balaban J connectivity index is 1.84. The molecule has 1 atom stereocenters. The zero-order chi connectivity index (χ0) is 16.2. The predicted octanol–water partition coefficient (Wildman–Crippen LogP) is 3.88. The smallest absolute Gasteiger partial charge is 0.410 e. The van der Waals surface area contributed by atoms with Crippen LogP contribution in [0.2, 0.25) is 0 Å². The van der Waals surface area contributed by atoms with Crippen LogP contribution in [0.15, 0.2) is 24.3 Å². The highest BCUT2D eigenvalue weighted by Crippen LogP contribution is 2.20. The number of amides is 1. The Morgan fingerprint density at radius 3 is 2.91 bits per heavy atom. The summed E-state index contributed by atoms with van der Waals surface area (Å²) in [5.41, 5.74) is 0.304. The number of anilines is 1. The highest BCUT2D eigenvalue weighted by atomic mass is 19.1. The van der Waals surface area contributed by atoms with E-state index in [0.717, 1.165) is 31.6 Å². The quantitative estimate of drug-likeness (QED) is 0.921. The van der Waals surface area contributed by atoms with Gasteiger partial charge in [-0.05, 0) is 57.7 Å². The lowest BCUT2D eigenvalue weighted by atomic mass is 9.98. The summed E-state index contributed by atoms with van der Waals surface area (Å²) in [4.78, 5) is 13.9. The molecular formula is C17H25FN2O2. The molecule has 0 spiro atoms. The summed E-state index contributed by atoms with van der Waals surface area (Å²) in [6, 6.07) is 6.44. The molecule has 1 aromatic rings. The van der Waals surface area contributed by atoms with Crippen molar-refractivity contribution >= 4 is 11.8 Å². The van der Waals surface area contributed by atoms with Crippen molar-refractivity contribution in [3.63, 3.8) is 0 Å². The summed E-state index contributed by atoms with van der Waals surface area (Å²) in [7, 11) is 0. The second-order valence-electron chi connectivity index (χ2n) is 6.83. The molecule has 0 aliphatic carbocycles. The number of nitrogens with one attached hydrogen (secondary N) is 1. The van der Waals surface area contributed by atoms with E-state index < -0.39 is 5.60 Å². The number of piperidine rings is 1. The first-order chi connectivity index (χ1) is 10.3. The molecule has 122 valence electrons. The van der Waals surface area contributed by atoms with Crippen LogP contribution in [0.4, 0.5) is 14.9 Å². The number of likely N-dealkylation sites (tertiary alicyclic amines) is 1. The van der Waals surface area contributed by atoms with E-state index in [-0.39, 0.29) is 11.9 Å². The normalized spacial score (nSPS) is 18.9. The molecule has 1 fully saturated rings. The van der Waals surface area contributed by atoms with Crippen LogP contribution < -0.4 is 5.32 Å². The number of hydrogen-bond donors (Lipinski definition) is 1. The topological polar surface area (TPSA) is 41.6 Å². The monoisotopic (exact) mass is 308 g/mol. The summed E-state index contributed by atoms with van der Waals surface area (Å²) >= 11 is 0. The molecule has 2 rings (SSSR count). The summed E-state index contributed by atoms with van der Waals surface area (Å²) in [5.74, 6) is 0.105. The minimum Gasteiger partial charge on any atom is -0.444 e. The van der Waals surface area contributed by atoms with E-state index in [1.807, 2.05) is 26.8 Å². The molecule has 0 unspecified atom stereocenters. The summed E-state index contributed by atoms with van der Waals surface area (Å²) < 4.78 is 18.6. The Hall–Kier alpha value is -1.78. The van der Waals surface area contributed by atoms with Gasteiger partial charge in [-0.1, -0.05) is 6.07 Å². The van der Waals surface area contributed by atoms with Gasteiger partial charge in [0.25, 0.3) is 0 Å². The van der Waals surface area contributed by atoms with Gasteiger partial charge in [-0.3, -0.25) is 0 Å². The molecule has 1 N–H and O–H groups in total. The van der Waals surface area contributed by atoms with Gasteiger partial charge in [-0.15, -0.1) is 0 Å². The van der Waals surface area contributed by atoms with Gasteiger partial charge < -0.3 is 15.0 Å². The van der Waals surface area contributed by atoms with E-state index in [4.69, 9.17) is 4.74 Å². The van der Waals surface area contributed by atoms with Gasteiger partial charge in [0.1, 0.15) is 11.4 Å². The third-order valence-corrected chi connectivity index (χ3v) is 3.59. The molecule has 0 saturated carbocycles. The van der Waals surface area contributed by atoms with E-state index in [9.17, 15) is 9.18 Å². The minimum absolute atomic E-state index is 0.246. The van der Waals surface area contributed by atoms with Crippen LogP contribution in [0.1, 0.15) is 33.6 Å². The molecule has 1 aliphatic rings. The summed E-state index contributed by atoms with van der Waals surface area (Å²) in [5, 5.41) is 3.24. The summed E-state index contributed by atoms with van der Waals surface area (Å²) in [6.45, 7) is 7.76. The molecule has 0 radical (unpaired) electrons. The van der Waals surface area contributed by atoms with Gasteiger partial charge in [0.2, 0.25) is 0 Å². The number of nitrogens with zero attached hydrogens (tertiary/aromatic N) is 1. The summed E-state index contributed by atoms with van der Waals surface area (Å²) in [6.07, 6.45) is 1.78. The van der Waals surface area contributed by atoms with Crippen molar-refractivity contribution in [3.8, 4) is 0 Å². The van der Waals surface area contributed by atoms with Gasteiger partial charge in [-0.25, -0.2) is 9.18 Å². The SMILES string of the molecule is CC(C)(C)OC(=O)N1CCC[C@@H](CNc2cccc(F)c2)C1. The fourth-order valence-corrected chi connectivity index (χ4v) is 2.58. The second kappa shape index (κ2) is 6.99. The molecule has 1 amide bonds. The molecule has 0 bridgehead atoms. The molecular weight excluding hydrogens is 283 g/mol. The number of halogens is 1. The number of carbonyl (C=O) groups excluding carboxylic acids is 1. The first-order valence-corrected chi connectivity index (χ1v) is 7.81. The van der Waals surface area contributed by atoms with Crippen molar-refractivity contribution in [1.82, 2.24) is 4.90 Å². The lowest BCUT2D eigenvalue weighted by Crippen LogP contribution is -2.44. The molecule has 0 aromatic heterocycles. The van der Waals surface area contributed by atoms with Gasteiger partial charge >= 0.3 is 6.09 Å². The highest BCUT2D eigenvalue weighted by Gasteiger charge is 2.27. The van der Waals surface area contributed by atoms with Crippen LogP contribution in [0, 0.1) is 11.7 Å². The van der Waals surface area contributed by atoms with E-state index >= 15 is 0 Å². The van der Waals surface area contributed by atoms with Crippen molar-refractivity contribution < 1.29 is 13.9 Å². The second-order valence-corrected chi connectivity index (χ2v) is 6.83. The van der Waals surface area contributed by atoms with Crippen molar-refractivity contribution in [2.75, 3.05) is 25.0 Å². The van der Waals surface area contributed by atoms with Gasteiger partial charge in [0.15, 0.2) is 0 Å². The number of benzene rings is 1. The van der Waals surface area contributed by atoms with E-state index in [2.05, 4.69) is 5.32 Å². The molecule has 5 heteroatoms. The van der Waals surface area contributed by atoms with Crippen LogP contribution in [0.5, 0.6) is 0 Å². The Labute approximate surface area is 131 Å². The number of hydrogen-bond acceptors (Lipinski definition) is 3.